The summed E-state index contributed by atoms with van der Waals surface area (Å²) in [6, 6.07) is 17.1. The number of alkyl carbamates (subject to hydrolysis) is 1. The zero-order chi connectivity index (χ0) is 27.4. The smallest absolute Gasteiger partial charge is 0.407 e. The van der Waals surface area contributed by atoms with Gasteiger partial charge in [0.25, 0.3) is 0 Å². The highest BCUT2D eigenvalue weighted by molar-refractivity contribution is 7.99. The van der Waals surface area contributed by atoms with E-state index in [-0.39, 0.29) is 19.0 Å². The second-order valence-electron chi connectivity index (χ2n) is 10.6. The Labute approximate surface area is 226 Å². The fraction of sp³-hybridized carbons (Fsp3) is 0.517. The van der Waals surface area contributed by atoms with E-state index in [2.05, 4.69) is 24.5 Å². The van der Waals surface area contributed by atoms with Crippen molar-refractivity contribution < 1.29 is 19.4 Å². The Morgan fingerprint density at radius 1 is 1.05 bits per heavy atom. The van der Waals surface area contributed by atoms with Crippen molar-refractivity contribution in [2.45, 2.75) is 77.5 Å². The molecule has 0 spiro atoms. The molecule has 0 saturated heterocycles. The number of carbonyl (C=O) groups excluding carboxylic acids is 2. The molecule has 0 aromatic heterocycles. The molecule has 0 fully saturated rings. The first-order valence-corrected chi connectivity index (χ1v) is 13.8. The van der Waals surface area contributed by atoms with Crippen LogP contribution in [0.3, 0.4) is 0 Å². The number of rotatable bonds is 13. The molecule has 8 heteroatoms. The van der Waals surface area contributed by atoms with E-state index >= 15 is 0 Å². The Balaban J connectivity index is 2.09. The van der Waals surface area contributed by atoms with Gasteiger partial charge in [0.05, 0.1) is 18.7 Å². The normalized spacial score (nSPS) is 13.3. The first-order chi connectivity index (χ1) is 17.4. The van der Waals surface area contributed by atoms with Gasteiger partial charge in [0.15, 0.2) is 0 Å². The number of aryl methyl sites for hydroxylation is 1. The Morgan fingerprint density at radius 3 is 2.32 bits per heavy atom. The molecule has 7 nitrogen and oxygen atoms in total. The lowest BCUT2D eigenvalue weighted by atomic mass is 10.0. The average Bonchev–Trinajstić information content (AvgIpc) is 2.81. The maximum atomic E-state index is 12.8. The molecule has 3 N–H and O–H groups in total. The SMILES string of the molecule is Cc1ccccc1CNC(=O)CN(CSC(C)C)C[C@@H](O)[C@H](Cc1ccccc1)NC(=O)OC(C)(C)C. The zero-order valence-electron chi connectivity index (χ0n) is 23.0. The highest BCUT2D eigenvalue weighted by Crippen LogP contribution is 2.15. The van der Waals surface area contributed by atoms with E-state index in [1.807, 2.05) is 66.4 Å². The van der Waals surface area contributed by atoms with Crippen molar-refractivity contribution in [2.75, 3.05) is 19.0 Å². The summed E-state index contributed by atoms with van der Waals surface area (Å²) in [4.78, 5) is 27.3. The van der Waals surface area contributed by atoms with Gasteiger partial charge in [-0.15, -0.1) is 11.8 Å². The molecule has 0 heterocycles. The second kappa shape index (κ2) is 15.0. The number of aliphatic hydroxyl groups excluding tert-OH is 1. The molecular weight excluding hydrogens is 486 g/mol. The number of benzene rings is 2. The zero-order valence-corrected chi connectivity index (χ0v) is 23.8. The number of hydrogen-bond acceptors (Lipinski definition) is 6. The number of ether oxygens (including phenoxy) is 1. The molecule has 0 saturated carbocycles. The maximum Gasteiger partial charge on any atom is 0.407 e. The monoisotopic (exact) mass is 529 g/mol. The largest absolute Gasteiger partial charge is 0.444 e. The van der Waals surface area contributed by atoms with Crippen LogP contribution in [0.25, 0.3) is 0 Å². The van der Waals surface area contributed by atoms with Gasteiger partial charge in [0, 0.05) is 24.2 Å². The molecule has 0 radical (unpaired) electrons. The molecule has 2 atom stereocenters. The number of carbonyl (C=O) groups is 2. The predicted molar refractivity (Wildman–Crippen MR) is 152 cm³/mol. The summed E-state index contributed by atoms with van der Waals surface area (Å²) in [7, 11) is 0. The van der Waals surface area contributed by atoms with Gasteiger partial charge >= 0.3 is 6.09 Å². The van der Waals surface area contributed by atoms with Crippen molar-refractivity contribution in [3.8, 4) is 0 Å². The minimum Gasteiger partial charge on any atom is -0.444 e. The standard InChI is InChI=1S/C29H43N3O4S/c1-21(2)37-20-32(19-27(34)30-17-24-15-11-10-12-22(24)3)18-26(33)25(16-23-13-8-7-9-14-23)31-28(35)36-29(4,5)6/h7-15,21,25-26,33H,16-20H2,1-6H3,(H,30,34)(H,31,35)/t25-,26+/m0/s1. The average molecular weight is 530 g/mol. The summed E-state index contributed by atoms with van der Waals surface area (Å²) in [5.74, 6) is 0.469. The Hall–Kier alpha value is -2.55. The van der Waals surface area contributed by atoms with Crippen molar-refractivity contribution in [2.24, 2.45) is 0 Å². The van der Waals surface area contributed by atoms with Gasteiger partial charge in [-0.25, -0.2) is 4.79 Å². The third kappa shape index (κ3) is 12.5. The van der Waals surface area contributed by atoms with Crippen molar-refractivity contribution in [1.82, 2.24) is 15.5 Å². The summed E-state index contributed by atoms with van der Waals surface area (Å²) in [5, 5.41) is 17.5. The van der Waals surface area contributed by atoms with Crippen LogP contribution in [0.15, 0.2) is 54.6 Å². The lowest BCUT2D eigenvalue weighted by Gasteiger charge is -2.31. The lowest BCUT2D eigenvalue weighted by Crippen LogP contribution is -2.51. The quantitative estimate of drug-likeness (QED) is 0.331. The number of thioether (sulfide) groups is 1. The molecule has 0 unspecified atom stereocenters. The summed E-state index contributed by atoms with van der Waals surface area (Å²) in [5.41, 5.74) is 2.54. The van der Waals surface area contributed by atoms with E-state index in [0.717, 1.165) is 16.7 Å². The first kappa shape index (κ1) is 30.7. The maximum absolute atomic E-state index is 12.8. The number of nitrogens with one attached hydrogen (secondary N) is 2. The molecule has 204 valence electrons. The minimum absolute atomic E-state index is 0.112. The van der Waals surface area contributed by atoms with E-state index in [1.165, 1.54) is 0 Å². The molecule has 0 aliphatic carbocycles. The second-order valence-corrected chi connectivity index (χ2v) is 12.1. The van der Waals surface area contributed by atoms with Crippen molar-refractivity contribution in [1.29, 1.82) is 0 Å². The summed E-state index contributed by atoms with van der Waals surface area (Å²) in [6.45, 7) is 12.4. The molecule has 2 rings (SSSR count). The molecular formula is C29H43N3O4S. The van der Waals surface area contributed by atoms with Crippen LogP contribution in [0.1, 0.15) is 51.3 Å². The molecule has 2 aromatic rings. The van der Waals surface area contributed by atoms with E-state index < -0.39 is 23.8 Å². The molecule has 37 heavy (non-hydrogen) atoms. The number of hydrogen-bond donors (Lipinski definition) is 3. The van der Waals surface area contributed by atoms with Crippen LogP contribution in [-0.2, 0) is 22.5 Å². The van der Waals surface area contributed by atoms with Crippen LogP contribution in [0.5, 0.6) is 0 Å². The van der Waals surface area contributed by atoms with Crippen LogP contribution < -0.4 is 10.6 Å². The molecule has 0 bridgehead atoms. The molecule has 2 amide bonds. The highest BCUT2D eigenvalue weighted by atomic mass is 32.2. The van der Waals surface area contributed by atoms with E-state index in [9.17, 15) is 14.7 Å². The van der Waals surface area contributed by atoms with Gasteiger partial charge in [-0.05, 0) is 50.8 Å². The van der Waals surface area contributed by atoms with Gasteiger partial charge in [-0.3, -0.25) is 9.69 Å². The molecule has 0 aliphatic heterocycles. The summed E-state index contributed by atoms with van der Waals surface area (Å²) in [6.07, 6.45) is -1.05. The van der Waals surface area contributed by atoms with Crippen LogP contribution in [-0.4, -0.2) is 64.0 Å². The number of aliphatic hydroxyl groups is 1. The van der Waals surface area contributed by atoms with Crippen LogP contribution in [0.2, 0.25) is 0 Å². The number of nitrogens with zero attached hydrogens (tertiary/aromatic N) is 1. The third-order valence-electron chi connectivity index (χ3n) is 5.61. The number of amides is 2. The van der Waals surface area contributed by atoms with Crippen LogP contribution >= 0.6 is 11.8 Å². The van der Waals surface area contributed by atoms with Crippen LogP contribution in [0, 0.1) is 6.92 Å². The van der Waals surface area contributed by atoms with Crippen molar-refractivity contribution in [3.05, 3.63) is 71.3 Å². The van der Waals surface area contributed by atoms with Crippen molar-refractivity contribution >= 4 is 23.8 Å². The lowest BCUT2D eigenvalue weighted by molar-refractivity contribution is -0.122. The fourth-order valence-corrected chi connectivity index (χ4v) is 4.39. The summed E-state index contributed by atoms with van der Waals surface area (Å²) >= 11 is 1.70. The Morgan fingerprint density at radius 2 is 1.70 bits per heavy atom. The molecule has 2 aromatic carbocycles. The van der Waals surface area contributed by atoms with Gasteiger partial charge < -0.3 is 20.5 Å². The highest BCUT2D eigenvalue weighted by Gasteiger charge is 2.27. The van der Waals surface area contributed by atoms with E-state index in [0.29, 0.717) is 24.1 Å². The van der Waals surface area contributed by atoms with E-state index in [4.69, 9.17) is 4.74 Å². The third-order valence-corrected chi connectivity index (χ3v) is 6.79. The van der Waals surface area contributed by atoms with E-state index in [1.54, 1.807) is 32.5 Å². The van der Waals surface area contributed by atoms with Gasteiger partial charge in [-0.2, -0.15) is 0 Å². The summed E-state index contributed by atoms with van der Waals surface area (Å²) < 4.78 is 5.45. The van der Waals surface area contributed by atoms with Crippen LogP contribution in [0.4, 0.5) is 4.79 Å². The van der Waals surface area contributed by atoms with Gasteiger partial charge in [0.2, 0.25) is 5.91 Å². The van der Waals surface area contributed by atoms with Gasteiger partial charge in [0.1, 0.15) is 5.60 Å². The minimum atomic E-state index is -0.912. The van der Waals surface area contributed by atoms with Gasteiger partial charge in [-0.1, -0.05) is 68.4 Å². The van der Waals surface area contributed by atoms with Crippen molar-refractivity contribution in [3.63, 3.8) is 0 Å². The Bertz CT molecular complexity index is 979. The Kier molecular flexibility index (Phi) is 12.4. The fourth-order valence-electron chi connectivity index (χ4n) is 3.68. The first-order valence-electron chi connectivity index (χ1n) is 12.8. The predicted octanol–water partition coefficient (Wildman–Crippen LogP) is 4.51. The molecule has 0 aliphatic rings. The topological polar surface area (TPSA) is 90.9 Å².